The van der Waals surface area contributed by atoms with Gasteiger partial charge in [0.25, 0.3) is 0 Å². The van der Waals surface area contributed by atoms with Crippen LogP contribution in [-0.4, -0.2) is 22.9 Å². The average molecular weight is 272 g/mol. The van der Waals surface area contributed by atoms with Crippen LogP contribution in [0.2, 0.25) is 0 Å². The zero-order valence-corrected chi connectivity index (χ0v) is 11.9. The molecule has 20 heavy (non-hydrogen) atoms. The van der Waals surface area contributed by atoms with Gasteiger partial charge in [-0.1, -0.05) is 13.0 Å². The summed E-state index contributed by atoms with van der Waals surface area (Å²) in [5.74, 6) is 0.918. The molecule has 1 aliphatic heterocycles. The zero-order chi connectivity index (χ0) is 13.9. The Bertz CT molecular complexity index is 593. The van der Waals surface area contributed by atoms with Crippen molar-refractivity contribution in [3.05, 3.63) is 36.2 Å². The number of nitrogens with one attached hydrogen (secondary N) is 2. The SMILES string of the molecule is CCCOc1cccc2c1NCC(c1cnn(C)c1)N2. The molecule has 1 aliphatic rings. The first kappa shape index (κ1) is 12.8. The topological polar surface area (TPSA) is 51.1 Å². The Balaban J connectivity index is 1.81. The second kappa shape index (κ2) is 5.45. The number of fused-ring (bicyclic) bond motifs is 1. The third-order valence-corrected chi connectivity index (χ3v) is 3.43. The summed E-state index contributed by atoms with van der Waals surface area (Å²) in [7, 11) is 1.93. The van der Waals surface area contributed by atoms with Gasteiger partial charge in [-0.2, -0.15) is 5.10 Å². The highest BCUT2D eigenvalue weighted by molar-refractivity contribution is 5.77. The molecule has 1 aromatic heterocycles. The van der Waals surface area contributed by atoms with Crippen molar-refractivity contribution in [2.45, 2.75) is 19.4 Å². The molecular formula is C15H20N4O. The summed E-state index contributed by atoms with van der Waals surface area (Å²) in [5.41, 5.74) is 3.32. The van der Waals surface area contributed by atoms with Gasteiger partial charge in [-0.3, -0.25) is 4.68 Å². The van der Waals surface area contributed by atoms with E-state index in [0.29, 0.717) is 0 Å². The van der Waals surface area contributed by atoms with Gasteiger partial charge >= 0.3 is 0 Å². The van der Waals surface area contributed by atoms with Crippen molar-refractivity contribution in [3.63, 3.8) is 0 Å². The Morgan fingerprint density at radius 1 is 1.45 bits per heavy atom. The number of aryl methyl sites for hydroxylation is 1. The van der Waals surface area contributed by atoms with Gasteiger partial charge in [-0.15, -0.1) is 0 Å². The summed E-state index contributed by atoms with van der Waals surface area (Å²) in [5, 5.41) is 11.3. The van der Waals surface area contributed by atoms with Crippen molar-refractivity contribution >= 4 is 11.4 Å². The first-order valence-corrected chi connectivity index (χ1v) is 7.02. The lowest BCUT2D eigenvalue weighted by Crippen LogP contribution is -2.26. The monoisotopic (exact) mass is 272 g/mol. The second-order valence-corrected chi connectivity index (χ2v) is 5.05. The zero-order valence-electron chi connectivity index (χ0n) is 11.9. The third kappa shape index (κ3) is 2.43. The van der Waals surface area contributed by atoms with Crippen LogP contribution >= 0.6 is 0 Å². The Kier molecular flexibility index (Phi) is 3.50. The number of nitrogens with zero attached hydrogens (tertiary/aromatic N) is 2. The van der Waals surface area contributed by atoms with Crippen molar-refractivity contribution in [2.24, 2.45) is 7.05 Å². The lowest BCUT2D eigenvalue weighted by atomic mass is 10.1. The van der Waals surface area contributed by atoms with Gasteiger partial charge in [0.1, 0.15) is 11.4 Å². The van der Waals surface area contributed by atoms with Crippen LogP contribution in [0, 0.1) is 0 Å². The number of hydrogen-bond donors (Lipinski definition) is 2. The maximum atomic E-state index is 5.78. The Morgan fingerprint density at radius 3 is 3.10 bits per heavy atom. The van der Waals surface area contributed by atoms with Crippen molar-refractivity contribution in [3.8, 4) is 5.75 Å². The lowest BCUT2D eigenvalue weighted by Gasteiger charge is -2.29. The maximum absolute atomic E-state index is 5.78. The molecule has 2 heterocycles. The van der Waals surface area contributed by atoms with E-state index in [1.807, 2.05) is 36.3 Å². The lowest BCUT2D eigenvalue weighted by molar-refractivity contribution is 0.318. The maximum Gasteiger partial charge on any atom is 0.144 e. The van der Waals surface area contributed by atoms with Crippen LogP contribution in [0.25, 0.3) is 0 Å². The number of hydrogen-bond acceptors (Lipinski definition) is 4. The van der Waals surface area contributed by atoms with E-state index in [-0.39, 0.29) is 6.04 Å². The van der Waals surface area contributed by atoms with Gasteiger partial charge in [0.15, 0.2) is 0 Å². The van der Waals surface area contributed by atoms with Gasteiger partial charge in [0.2, 0.25) is 0 Å². The van der Waals surface area contributed by atoms with Crippen LogP contribution in [0.3, 0.4) is 0 Å². The van der Waals surface area contributed by atoms with Crippen LogP contribution in [0.4, 0.5) is 11.4 Å². The van der Waals surface area contributed by atoms with Crippen LogP contribution in [0.1, 0.15) is 24.9 Å². The Labute approximate surface area is 118 Å². The molecule has 0 spiro atoms. The normalized spacial score (nSPS) is 17.0. The molecule has 0 bridgehead atoms. The van der Waals surface area contributed by atoms with Crippen molar-refractivity contribution < 1.29 is 4.74 Å². The minimum Gasteiger partial charge on any atom is -0.491 e. The average Bonchev–Trinajstić information content (AvgIpc) is 2.91. The molecule has 2 aromatic rings. The molecule has 0 saturated heterocycles. The van der Waals surface area contributed by atoms with E-state index in [0.717, 1.165) is 36.7 Å². The molecule has 0 fully saturated rings. The van der Waals surface area contributed by atoms with Gasteiger partial charge in [0, 0.05) is 25.4 Å². The van der Waals surface area contributed by atoms with E-state index < -0.39 is 0 Å². The Morgan fingerprint density at radius 2 is 2.35 bits per heavy atom. The molecule has 0 saturated carbocycles. The third-order valence-electron chi connectivity index (χ3n) is 3.43. The largest absolute Gasteiger partial charge is 0.491 e. The van der Waals surface area contributed by atoms with E-state index in [9.17, 15) is 0 Å². The molecule has 3 rings (SSSR count). The minimum atomic E-state index is 0.234. The predicted molar refractivity (Wildman–Crippen MR) is 80.3 cm³/mol. The number of benzene rings is 1. The molecule has 5 heteroatoms. The summed E-state index contributed by atoms with van der Waals surface area (Å²) < 4.78 is 7.61. The van der Waals surface area contributed by atoms with Gasteiger partial charge in [-0.25, -0.2) is 0 Å². The molecule has 1 atom stereocenters. The van der Waals surface area contributed by atoms with Crippen molar-refractivity contribution in [2.75, 3.05) is 23.8 Å². The van der Waals surface area contributed by atoms with Crippen LogP contribution in [-0.2, 0) is 7.05 Å². The highest BCUT2D eigenvalue weighted by atomic mass is 16.5. The molecule has 0 radical (unpaired) electrons. The second-order valence-electron chi connectivity index (χ2n) is 5.05. The fourth-order valence-electron chi connectivity index (χ4n) is 2.43. The number of para-hydroxylation sites is 1. The van der Waals surface area contributed by atoms with Crippen LogP contribution in [0.5, 0.6) is 5.75 Å². The van der Waals surface area contributed by atoms with Gasteiger partial charge in [-0.05, 0) is 18.6 Å². The predicted octanol–water partition coefficient (Wildman–Crippen LogP) is 2.79. The quantitative estimate of drug-likeness (QED) is 0.898. The van der Waals surface area contributed by atoms with Crippen molar-refractivity contribution in [1.29, 1.82) is 0 Å². The first-order valence-electron chi connectivity index (χ1n) is 7.02. The van der Waals surface area contributed by atoms with Crippen LogP contribution in [0.15, 0.2) is 30.6 Å². The highest BCUT2D eigenvalue weighted by Crippen LogP contribution is 2.38. The van der Waals surface area contributed by atoms with Gasteiger partial charge < -0.3 is 15.4 Å². The molecule has 1 unspecified atom stereocenters. The first-order chi connectivity index (χ1) is 9.78. The van der Waals surface area contributed by atoms with Crippen molar-refractivity contribution in [1.82, 2.24) is 9.78 Å². The van der Waals surface area contributed by atoms with Gasteiger partial charge in [0.05, 0.1) is 24.5 Å². The summed E-state index contributed by atoms with van der Waals surface area (Å²) >= 11 is 0. The molecule has 0 amide bonds. The highest BCUT2D eigenvalue weighted by Gasteiger charge is 2.22. The Hall–Kier alpha value is -2.17. The van der Waals surface area contributed by atoms with Crippen LogP contribution < -0.4 is 15.4 Å². The number of anilines is 2. The number of ether oxygens (including phenoxy) is 1. The standard InChI is InChI=1S/C15H20N4O/c1-3-7-20-14-6-4-5-12-15(14)16-9-13(18-12)11-8-17-19(2)10-11/h4-6,8,10,13,16,18H,3,7,9H2,1-2H3. The van der Waals surface area contributed by atoms with E-state index in [1.165, 1.54) is 5.56 Å². The van der Waals surface area contributed by atoms with E-state index in [4.69, 9.17) is 4.74 Å². The molecule has 0 aliphatic carbocycles. The molecule has 1 aromatic carbocycles. The molecular weight excluding hydrogens is 252 g/mol. The molecule has 5 nitrogen and oxygen atoms in total. The summed E-state index contributed by atoms with van der Waals surface area (Å²) in [6, 6.07) is 6.33. The van der Waals surface area contributed by atoms with E-state index in [1.54, 1.807) is 0 Å². The number of rotatable bonds is 4. The van der Waals surface area contributed by atoms with E-state index >= 15 is 0 Å². The smallest absolute Gasteiger partial charge is 0.144 e. The summed E-state index contributed by atoms with van der Waals surface area (Å²) in [6.07, 6.45) is 4.96. The summed E-state index contributed by atoms with van der Waals surface area (Å²) in [4.78, 5) is 0. The number of aromatic nitrogens is 2. The summed E-state index contributed by atoms with van der Waals surface area (Å²) in [6.45, 7) is 3.68. The van der Waals surface area contributed by atoms with E-state index in [2.05, 4.69) is 28.7 Å². The molecule has 2 N–H and O–H groups in total. The fraction of sp³-hybridized carbons (Fsp3) is 0.400. The minimum absolute atomic E-state index is 0.234. The molecule has 106 valence electrons. The fourth-order valence-corrected chi connectivity index (χ4v) is 2.43.